The van der Waals surface area contributed by atoms with Gasteiger partial charge in [-0.2, -0.15) is 0 Å². The van der Waals surface area contributed by atoms with Crippen molar-refractivity contribution in [3.05, 3.63) is 23.5 Å². The van der Waals surface area contributed by atoms with Gasteiger partial charge in [-0.15, -0.1) is 0 Å². The van der Waals surface area contributed by atoms with Crippen LogP contribution in [0.5, 0.6) is 0 Å². The second kappa shape index (κ2) is 4.46. The van der Waals surface area contributed by atoms with Gasteiger partial charge in [-0.3, -0.25) is 0 Å². The SMILES string of the molecule is CCOC1CC(n2ccc3c2CCCC3N)C1. The molecule has 3 heteroatoms. The second-order valence-corrected chi connectivity index (χ2v) is 5.33. The van der Waals surface area contributed by atoms with Crippen molar-refractivity contribution in [1.82, 2.24) is 4.57 Å². The first kappa shape index (κ1) is 11.3. The van der Waals surface area contributed by atoms with E-state index in [1.807, 2.05) is 0 Å². The summed E-state index contributed by atoms with van der Waals surface area (Å²) in [7, 11) is 0. The highest BCUT2D eigenvalue weighted by molar-refractivity contribution is 5.29. The smallest absolute Gasteiger partial charge is 0.0614 e. The Bertz CT molecular complexity index is 393. The molecule has 17 heavy (non-hydrogen) atoms. The molecule has 94 valence electrons. The largest absolute Gasteiger partial charge is 0.378 e. The van der Waals surface area contributed by atoms with E-state index in [1.165, 1.54) is 36.9 Å². The van der Waals surface area contributed by atoms with Crippen molar-refractivity contribution in [2.24, 2.45) is 5.73 Å². The van der Waals surface area contributed by atoms with E-state index in [0.29, 0.717) is 12.1 Å². The third-order valence-electron chi connectivity index (χ3n) is 4.25. The van der Waals surface area contributed by atoms with Crippen molar-refractivity contribution in [3.8, 4) is 0 Å². The van der Waals surface area contributed by atoms with E-state index in [9.17, 15) is 0 Å². The Morgan fingerprint density at radius 1 is 1.47 bits per heavy atom. The molecule has 0 amide bonds. The average molecular weight is 234 g/mol. The van der Waals surface area contributed by atoms with Crippen LogP contribution in [0.2, 0.25) is 0 Å². The van der Waals surface area contributed by atoms with Crippen LogP contribution in [-0.2, 0) is 11.2 Å². The predicted molar refractivity (Wildman–Crippen MR) is 68.0 cm³/mol. The lowest BCUT2D eigenvalue weighted by Gasteiger charge is -2.37. The number of ether oxygens (including phenoxy) is 1. The van der Waals surface area contributed by atoms with Gasteiger partial charge < -0.3 is 15.0 Å². The van der Waals surface area contributed by atoms with Crippen molar-refractivity contribution in [1.29, 1.82) is 0 Å². The van der Waals surface area contributed by atoms with Crippen LogP contribution in [0, 0.1) is 0 Å². The molecule has 1 atom stereocenters. The zero-order chi connectivity index (χ0) is 11.8. The summed E-state index contributed by atoms with van der Waals surface area (Å²) in [6, 6.07) is 3.15. The maximum atomic E-state index is 6.16. The normalized spacial score (nSPS) is 32.0. The molecule has 2 aliphatic rings. The van der Waals surface area contributed by atoms with Gasteiger partial charge in [-0.05, 0) is 50.7 Å². The summed E-state index contributed by atoms with van der Waals surface area (Å²) in [4.78, 5) is 0. The van der Waals surface area contributed by atoms with E-state index >= 15 is 0 Å². The monoisotopic (exact) mass is 234 g/mol. The first-order chi connectivity index (χ1) is 8.29. The molecule has 2 N–H and O–H groups in total. The predicted octanol–water partition coefficient (Wildman–Crippen LogP) is 2.56. The molecular formula is C14H22N2O. The van der Waals surface area contributed by atoms with Crippen LogP contribution in [0.1, 0.15) is 55.9 Å². The lowest BCUT2D eigenvalue weighted by atomic mass is 9.87. The van der Waals surface area contributed by atoms with E-state index in [0.717, 1.165) is 13.0 Å². The second-order valence-electron chi connectivity index (χ2n) is 5.33. The summed E-state index contributed by atoms with van der Waals surface area (Å²) >= 11 is 0. The van der Waals surface area contributed by atoms with E-state index in [4.69, 9.17) is 10.5 Å². The first-order valence-corrected chi connectivity index (χ1v) is 6.86. The lowest BCUT2D eigenvalue weighted by Crippen LogP contribution is -2.34. The number of fused-ring (bicyclic) bond motifs is 1. The van der Waals surface area contributed by atoms with Crippen molar-refractivity contribution < 1.29 is 4.74 Å². The van der Waals surface area contributed by atoms with Crippen molar-refractivity contribution in [2.75, 3.05) is 6.61 Å². The number of nitrogens with zero attached hydrogens (tertiary/aromatic N) is 1. The molecular weight excluding hydrogens is 212 g/mol. The summed E-state index contributed by atoms with van der Waals surface area (Å²) in [5.41, 5.74) is 9.03. The molecule has 0 radical (unpaired) electrons. The minimum Gasteiger partial charge on any atom is -0.378 e. The van der Waals surface area contributed by atoms with Crippen LogP contribution < -0.4 is 5.73 Å². The summed E-state index contributed by atoms with van der Waals surface area (Å²) in [6.07, 6.45) is 8.65. The van der Waals surface area contributed by atoms with Gasteiger partial charge in [0, 0.05) is 30.6 Å². The maximum Gasteiger partial charge on any atom is 0.0614 e. The van der Waals surface area contributed by atoms with Gasteiger partial charge in [0.05, 0.1) is 6.10 Å². The third kappa shape index (κ3) is 1.91. The summed E-state index contributed by atoms with van der Waals surface area (Å²) in [5.74, 6) is 0. The van der Waals surface area contributed by atoms with Crippen molar-refractivity contribution >= 4 is 0 Å². The molecule has 3 rings (SSSR count). The van der Waals surface area contributed by atoms with Gasteiger partial charge >= 0.3 is 0 Å². The summed E-state index contributed by atoms with van der Waals surface area (Å²) < 4.78 is 8.10. The third-order valence-corrected chi connectivity index (χ3v) is 4.25. The van der Waals surface area contributed by atoms with Crippen LogP contribution >= 0.6 is 0 Å². The summed E-state index contributed by atoms with van der Waals surface area (Å²) in [6.45, 7) is 2.91. The average Bonchev–Trinajstić information content (AvgIpc) is 2.68. The highest BCUT2D eigenvalue weighted by Gasteiger charge is 2.33. The molecule has 0 aliphatic heterocycles. The van der Waals surface area contributed by atoms with Crippen LogP contribution in [0.4, 0.5) is 0 Å². The molecule has 3 nitrogen and oxygen atoms in total. The van der Waals surface area contributed by atoms with E-state index in [1.54, 1.807) is 0 Å². The van der Waals surface area contributed by atoms with Gasteiger partial charge in [0.2, 0.25) is 0 Å². The molecule has 1 fully saturated rings. The zero-order valence-electron chi connectivity index (χ0n) is 10.6. The quantitative estimate of drug-likeness (QED) is 0.873. The number of aromatic nitrogens is 1. The molecule has 1 unspecified atom stereocenters. The topological polar surface area (TPSA) is 40.2 Å². The Balaban J connectivity index is 1.73. The van der Waals surface area contributed by atoms with Gasteiger partial charge in [0.1, 0.15) is 0 Å². The number of hydrogen-bond acceptors (Lipinski definition) is 2. The Labute approximate surface area is 103 Å². The molecule has 1 saturated carbocycles. The van der Waals surface area contributed by atoms with Gasteiger partial charge in [-0.1, -0.05) is 0 Å². The van der Waals surface area contributed by atoms with Crippen molar-refractivity contribution in [2.45, 2.75) is 57.2 Å². The molecule has 2 aliphatic carbocycles. The molecule has 0 aromatic carbocycles. The van der Waals surface area contributed by atoms with Crippen LogP contribution in [0.15, 0.2) is 12.3 Å². The minimum absolute atomic E-state index is 0.266. The first-order valence-electron chi connectivity index (χ1n) is 6.86. The molecule has 0 saturated heterocycles. The van der Waals surface area contributed by atoms with E-state index < -0.39 is 0 Å². The zero-order valence-corrected chi connectivity index (χ0v) is 10.6. The fourth-order valence-electron chi connectivity index (χ4n) is 3.23. The molecule has 1 aromatic rings. The molecule has 1 heterocycles. The Kier molecular flexibility index (Phi) is 2.97. The van der Waals surface area contributed by atoms with E-state index in [-0.39, 0.29) is 6.04 Å². The van der Waals surface area contributed by atoms with Crippen LogP contribution in [0.3, 0.4) is 0 Å². The van der Waals surface area contributed by atoms with E-state index in [2.05, 4.69) is 23.8 Å². The molecule has 0 spiro atoms. The molecule has 0 bridgehead atoms. The van der Waals surface area contributed by atoms with Crippen LogP contribution in [-0.4, -0.2) is 17.3 Å². The number of hydrogen-bond donors (Lipinski definition) is 1. The lowest BCUT2D eigenvalue weighted by molar-refractivity contribution is -0.0202. The highest BCUT2D eigenvalue weighted by Crippen LogP contribution is 2.39. The van der Waals surface area contributed by atoms with Gasteiger partial charge in [-0.25, -0.2) is 0 Å². The van der Waals surface area contributed by atoms with Gasteiger partial charge in [0.25, 0.3) is 0 Å². The maximum absolute atomic E-state index is 6.16. The number of rotatable bonds is 3. The van der Waals surface area contributed by atoms with Gasteiger partial charge in [0.15, 0.2) is 0 Å². The van der Waals surface area contributed by atoms with Crippen LogP contribution in [0.25, 0.3) is 0 Å². The highest BCUT2D eigenvalue weighted by atomic mass is 16.5. The Morgan fingerprint density at radius 2 is 2.29 bits per heavy atom. The molecule has 1 aromatic heterocycles. The Hall–Kier alpha value is -0.800. The fraction of sp³-hybridized carbons (Fsp3) is 0.714. The van der Waals surface area contributed by atoms with Crippen molar-refractivity contribution in [3.63, 3.8) is 0 Å². The summed E-state index contributed by atoms with van der Waals surface area (Å²) in [5, 5.41) is 0. The standard InChI is InChI=1S/C14H22N2O/c1-2-17-11-8-10(9-11)16-7-6-12-13(15)4-3-5-14(12)16/h6-7,10-11,13H,2-5,8-9,15H2,1H3. The Morgan fingerprint density at radius 3 is 3.06 bits per heavy atom. The number of nitrogens with two attached hydrogens (primary N) is 1. The fourth-order valence-corrected chi connectivity index (χ4v) is 3.23. The minimum atomic E-state index is 0.266.